The summed E-state index contributed by atoms with van der Waals surface area (Å²) in [5.74, 6) is 0. The van der Waals surface area contributed by atoms with Gasteiger partial charge in [0.25, 0.3) is 0 Å². The highest BCUT2D eigenvalue weighted by Gasteiger charge is 2.29. The van der Waals surface area contributed by atoms with E-state index in [1.165, 1.54) is 16.4 Å². The molecular formula is C13H18ClN3O2S. The molecule has 0 fully saturated rings. The van der Waals surface area contributed by atoms with E-state index < -0.39 is 10.0 Å². The number of rotatable bonds is 5. The summed E-state index contributed by atoms with van der Waals surface area (Å²) in [4.78, 5) is -0.0195. The monoisotopic (exact) mass is 315 g/mol. The van der Waals surface area contributed by atoms with Gasteiger partial charge >= 0.3 is 0 Å². The molecule has 1 aromatic rings. The lowest BCUT2D eigenvalue weighted by Crippen LogP contribution is -2.37. The Balaban J connectivity index is 3.34. The topological polar surface area (TPSA) is 87.2 Å². The Morgan fingerprint density at radius 2 is 2.05 bits per heavy atom. The van der Waals surface area contributed by atoms with Gasteiger partial charge in [0.05, 0.1) is 11.1 Å². The molecule has 7 heteroatoms. The smallest absolute Gasteiger partial charge is 0.244 e. The molecular weight excluding hydrogens is 298 g/mol. The molecule has 5 nitrogen and oxygen atoms in total. The van der Waals surface area contributed by atoms with Gasteiger partial charge in [0.2, 0.25) is 10.0 Å². The zero-order valence-electron chi connectivity index (χ0n) is 11.7. The minimum absolute atomic E-state index is 0.0195. The van der Waals surface area contributed by atoms with Gasteiger partial charge in [0.15, 0.2) is 0 Å². The zero-order valence-corrected chi connectivity index (χ0v) is 13.3. The highest BCUT2D eigenvalue weighted by molar-refractivity contribution is 7.89. The first-order valence-corrected chi connectivity index (χ1v) is 7.98. The molecule has 1 aromatic carbocycles. The van der Waals surface area contributed by atoms with Crippen molar-refractivity contribution in [3.05, 3.63) is 22.7 Å². The van der Waals surface area contributed by atoms with Gasteiger partial charge < -0.3 is 5.73 Å². The van der Waals surface area contributed by atoms with Crippen molar-refractivity contribution in [2.75, 3.05) is 12.3 Å². The second-order valence-electron chi connectivity index (χ2n) is 4.76. The summed E-state index contributed by atoms with van der Waals surface area (Å²) in [7, 11) is -3.77. The summed E-state index contributed by atoms with van der Waals surface area (Å²) in [5, 5.41) is 8.79. The summed E-state index contributed by atoms with van der Waals surface area (Å²) in [6.07, 6.45) is 0.121. The second-order valence-corrected chi connectivity index (χ2v) is 7.02. The number of anilines is 1. The highest BCUT2D eigenvalue weighted by atomic mass is 35.5. The predicted molar refractivity (Wildman–Crippen MR) is 79.9 cm³/mol. The van der Waals surface area contributed by atoms with Gasteiger partial charge in [-0.2, -0.15) is 9.57 Å². The quantitative estimate of drug-likeness (QED) is 0.846. The Morgan fingerprint density at radius 3 is 2.55 bits per heavy atom. The normalized spacial score (nSPS) is 11.8. The minimum atomic E-state index is -3.77. The van der Waals surface area contributed by atoms with Crippen LogP contribution in [0, 0.1) is 18.3 Å². The minimum Gasteiger partial charge on any atom is -0.398 e. The fourth-order valence-electron chi connectivity index (χ4n) is 1.81. The fourth-order valence-corrected chi connectivity index (χ4v) is 4.04. The van der Waals surface area contributed by atoms with E-state index in [9.17, 15) is 8.42 Å². The Kier molecular flexibility index (Phi) is 5.40. The van der Waals surface area contributed by atoms with Crippen molar-refractivity contribution in [1.82, 2.24) is 4.31 Å². The lowest BCUT2D eigenvalue weighted by atomic mass is 10.2. The van der Waals surface area contributed by atoms with Gasteiger partial charge in [0.1, 0.15) is 4.90 Å². The van der Waals surface area contributed by atoms with Crippen molar-refractivity contribution in [1.29, 1.82) is 5.26 Å². The SMILES string of the molecule is Cc1cc(Cl)c(S(=O)(=O)N(CCC#N)C(C)C)cc1N. The molecule has 0 heterocycles. The fraction of sp³-hybridized carbons (Fsp3) is 0.462. The number of nitrogen functional groups attached to an aromatic ring is 1. The number of aryl methyl sites for hydroxylation is 1. The number of nitriles is 1. The maximum absolute atomic E-state index is 12.6. The van der Waals surface area contributed by atoms with Gasteiger partial charge in [-0.25, -0.2) is 8.42 Å². The van der Waals surface area contributed by atoms with Crippen LogP contribution in [0.15, 0.2) is 17.0 Å². The van der Waals surface area contributed by atoms with Crippen molar-refractivity contribution in [2.24, 2.45) is 0 Å². The third-order valence-corrected chi connectivity index (χ3v) is 5.47. The van der Waals surface area contributed by atoms with Gasteiger partial charge in [-0.3, -0.25) is 0 Å². The summed E-state index contributed by atoms with van der Waals surface area (Å²) in [6.45, 7) is 5.38. The summed E-state index contributed by atoms with van der Waals surface area (Å²) in [5.41, 5.74) is 6.86. The first-order valence-electron chi connectivity index (χ1n) is 6.16. The molecule has 0 radical (unpaired) electrons. The van der Waals surface area contributed by atoms with Crippen molar-refractivity contribution in [2.45, 2.75) is 38.1 Å². The van der Waals surface area contributed by atoms with Crippen LogP contribution in [-0.4, -0.2) is 25.3 Å². The molecule has 1 rings (SSSR count). The second kappa shape index (κ2) is 6.44. The van der Waals surface area contributed by atoms with Gasteiger partial charge in [-0.05, 0) is 38.5 Å². The third kappa shape index (κ3) is 3.42. The number of benzene rings is 1. The van der Waals surface area contributed by atoms with E-state index in [0.29, 0.717) is 5.69 Å². The van der Waals surface area contributed by atoms with E-state index >= 15 is 0 Å². The van der Waals surface area contributed by atoms with Crippen molar-refractivity contribution >= 4 is 27.3 Å². The maximum atomic E-state index is 12.6. The van der Waals surface area contributed by atoms with E-state index in [4.69, 9.17) is 22.6 Å². The molecule has 0 aliphatic rings. The molecule has 0 unspecified atom stereocenters. The molecule has 20 heavy (non-hydrogen) atoms. The number of nitrogens with zero attached hydrogens (tertiary/aromatic N) is 2. The molecule has 0 amide bonds. The molecule has 0 saturated carbocycles. The zero-order chi connectivity index (χ0) is 15.5. The summed E-state index contributed by atoms with van der Waals surface area (Å²) >= 11 is 6.04. The molecule has 0 saturated heterocycles. The Morgan fingerprint density at radius 1 is 1.45 bits per heavy atom. The molecule has 0 aromatic heterocycles. The first-order chi connectivity index (χ1) is 9.21. The van der Waals surface area contributed by atoms with E-state index in [2.05, 4.69) is 0 Å². The van der Waals surface area contributed by atoms with Crippen LogP contribution in [0.2, 0.25) is 5.02 Å². The molecule has 0 aliphatic heterocycles. The largest absolute Gasteiger partial charge is 0.398 e. The molecule has 110 valence electrons. The van der Waals surface area contributed by atoms with Crippen molar-refractivity contribution in [3.63, 3.8) is 0 Å². The van der Waals surface area contributed by atoms with Crippen molar-refractivity contribution in [3.8, 4) is 6.07 Å². The van der Waals surface area contributed by atoms with Crippen LogP contribution < -0.4 is 5.73 Å². The van der Waals surface area contributed by atoms with Gasteiger partial charge in [-0.1, -0.05) is 11.6 Å². The maximum Gasteiger partial charge on any atom is 0.244 e. The van der Waals surface area contributed by atoms with Gasteiger partial charge in [0, 0.05) is 24.7 Å². The Bertz CT molecular complexity index is 636. The number of sulfonamides is 1. The molecule has 0 spiro atoms. The van der Waals surface area contributed by atoms with Crippen LogP contribution in [0.5, 0.6) is 0 Å². The number of nitrogens with two attached hydrogens (primary N) is 1. The van der Waals surface area contributed by atoms with E-state index in [1.807, 2.05) is 6.07 Å². The van der Waals surface area contributed by atoms with E-state index in [0.717, 1.165) is 5.56 Å². The molecule has 0 atom stereocenters. The Labute approximate surface area is 125 Å². The lowest BCUT2D eigenvalue weighted by Gasteiger charge is -2.25. The van der Waals surface area contributed by atoms with Gasteiger partial charge in [-0.15, -0.1) is 0 Å². The number of halogens is 1. The molecule has 2 N–H and O–H groups in total. The van der Waals surface area contributed by atoms with Crippen LogP contribution in [0.25, 0.3) is 0 Å². The highest BCUT2D eigenvalue weighted by Crippen LogP contribution is 2.30. The van der Waals surface area contributed by atoms with Crippen LogP contribution in [0.3, 0.4) is 0 Å². The van der Waals surface area contributed by atoms with E-state index in [-0.39, 0.29) is 28.9 Å². The number of hydrogen-bond acceptors (Lipinski definition) is 4. The summed E-state index contributed by atoms with van der Waals surface area (Å²) < 4.78 is 26.5. The van der Waals surface area contributed by atoms with Crippen LogP contribution in [0.4, 0.5) is 5.69 Å². The molecule has 0 aliphatic carbocycles. The third-order valence-electron chi connectivity index (χ3n) is 2.93. The first kappa shape index (κ1) is 16.8. The lowest BCUT2D eigenvalue weighted by molar-refractivity contribution is 0.360. The van der Waals surface area contributed by atoms with Crippen LogP contribution >= 0.6 is 11.6 Å². The standard InChI is InChI=1S/C13H18ClN3O2S/c1-9(2)17(6-4-5-15)20(18,19)13-8-12(16)10(3)7-11(13)14/h7-9H,4,6,16H2,1-3H3. The average Bonchev–Trinajstić information content (AvgIpc) is 2.33. The molecule has 0 bridgehead atoms. The average molecular weight is 316 g/mol. The predicted octanol–water partition coefficient (Wildman–Crippen LogP) is 2.54. The Hall–Kier alpha value is -1.29. The van der Waals surface area contributed by atoms with E-state index in [1.54, 1.807) is 20.8 Å². The van der Waals surface area contributed by atoms with Crippen LogP contribution in [-0.2, 0) is 10.0 Å². The van der Waals surface area contributed by atoms with Crippen molar-refractivity contribution < 1.29 is 8.42 Å². The number of hydrogen-bond donors (Lipinski definition) is 1. The van der Waals surface area contributed by atoms with Crippen LogP contribution in [0.1, 0.15) is 25.8 Å². The summed E-state index contributed by atoms with van der Waals surface area (Å²) in [6, 6.07) is 4.58.